The van der Waals surface area contributed by atoms with Crippen molar-refractivity contribution in [3.05, 3.63) is 27.7 Å². The molecular weight excluding hydrogens is 364 g/mol. The van der Waals surface area contributed by atoms with Crippen LogP contribution in [0.2, 0.25) is 0 Å². The van der Waals surface area contributed by atoms with Gasteiger partial charge in [0.05, 0.1) is 24.5 Å². The zero-order valence-corrected chi connectivity index (χ0v) is 13.7. The molecule has 2 N–H and O–H groups in total. The first kappa shape index (κ1) is 16.2. The summed E-state index contributed by atoms with van der Waals surface area (Å²) in [5.41, 5.74) is 0.881. The van der Waals surface area contributed by atoms with Crippen LogP contribution in [0.1, 0.15) is 15.9 Å². The van der Waals surface area contributed by atoms with Crippen molar-refractivity contribution < 1.29 is 23.1 Å². The zero-order valence-electron chi connectivity index (χ0n) is 11.3. The summed E-state index contributed by atoms with van der Waals surface area (Å²) in [4.78, 5) is 11.1. The lowest BCUT2D eigenvalue weighted by molar-refractivity contribution is 0.0696. The zero-order chi connectivity index (χ0) is 15.6. The quantitative estimate of drug-likeness (QED) is 0.826. The number of carbonyl (C=O) groups is 1. The number of hydrogen-bond acceptors (Lipinski definition) is 4. The van der Waals surface area contributed by atoms with Crippen LogP contribution in [-0.2, 0) is 14.9 Å². The summed E-state index contributed by atoms with van der Waals surface area (Å²) >= 11 is 3.15. The van der Waals surface area contributed by atoms with E-state index in [9.17, 15) is 13.2 Å². The van der Waals surface area contributed by atoms with E-state index in [1.165, 1.54) is 10.4 Å². The lowest BCUT2D eigenvalue weighted by Crippen LogP contribution is -2.43. The van der Waals surface area contributed by atoms with Gasteiger partial charge in [0.2, 0.25) is 0 Å². The van der Waals surface area contributed by atoms with Gasteiger partial charge in [-0.25, -0.2) is 4.79 Å². The van der Waals surface area contributed by atoms with Crippen LogP contribution in [0.5, 0.6) is 0 Å². The molecule has 1 aliphatic rings. The van der Waals surface area contributed by atoms with Crippen molar-refractivity contribution in [2.24, 2.45) is 0 Å². The predicted molar refractivity (Wildman–Crippen MR) is 80.8 cm³/mol. The van der Waals surface area contributed by atoms with Crippen molar-refractivity contribution >= 4 is 37.8 Å². The molecule has 0 unspecified atom stereocenters. The highest BCUT2D eigenvalue weighted by molar-refractivity contribution is 9.10. The molecule has 21 heavy (non-hydrogen) atoms. The van der Waals surface area contributed by atoms with Gasteiger partial charge in [0.25, 0.3) is 0 Å². The third kappa shape index (κ3) is 3.73. The van der Waals surface area contributed by atoms with Crippen LogP contribution in [0.25, 0.3) is 0 Å². The van der Waals surface area contributed by atoms with Gasteiger partial charge in [0.1, 0.15) is 0 Å². The van der Waals surface area contributed by atoms with Gasteiger partial charge >= 0.3 is 16.2 Å². The number of nitrogens with one attached hydrogen (secondary N) is 1. The smallest absolute Gasteiger partial charge is 0.336 e. The van der Waals surface area contributed by atoms with E-state index in [0.29, 0.717) is 23.2 Å². The molecule has 1 saturated heterocycles. The summed E-state index contributed by atoms with van der Waals surface area (Å²) in [6, 6.07) is 2.88. The second-order valence-electron chi connectivity index (χ2n) is 4.57. The number of aromatic carboxylic acids is 1. The first-order chi connectivity index (χ1) is 9.81. The van der Waals surface area contributed by atoms with Crippen LogP contribution in [0.15, 0.2) is 16.6 Å². The number of morpholine rings is 1. The summed E-state index contributed by atoms with van der Waals surface area (Å²) in [5.74, 6) is -1.13. The molecule has 1 aromatic rings. The Bertz CT molecular complexity index is 656. The minimum Gasteiger partial charge on any atom is -0.478 e. The highest BCUT2D eigenvalue weighted by atomic mass is 79.9. The molecule has 2 rings (SSSR count). The minimum absolute atomic E-state index is 0.000257. The van der Waals surface area contributed by atoms with Crippen molar-refractivity contribution in [3.63, 3.8) is 0 Å². The molecular formula is C12H15BrN2O5S. The lowest BCUT2D eigenvalue weighted by Gasteiger charge is -2.26. The van der Waals surface area contributed by atoms with Crippen molar-refractivity contribution in [3.8, 4) is 0 Å². The number of ether oxygens (including phenoxy) is 1. The molecule has 0 amide bonds. The first-order valence-corrected chi connectivity index (χ1v) is 8.43. The third-order valence-electron chi connectivity index (χ3n) is 3.09. The van der Waals surface area contributed by atoms with Gasteiger partial charge in [-0.3, -0.25) is 4.72 Å². The minimum atomic E-state index is -3.72. The number of rotatable bonds is 4. The molecule has 0 saturated carbocycles. The van der Waals surface area contributed by atoms with Crippen molar-refractivity contribution in [2.45, 2.75) is 6.92 Å². The fourth-order valence-electron chi connectivity index (χ4n) is 1.94. The van der Waals surface area contributed by atoms with E-state index in [1.807, 2.05) is 0 Å². The van der Waals surface area contributed by atoms with Gasteiger partial charge in [-0.05, 0) is 40.5 Å². The Hall–Kier alpha value is -1.16. The Labute approximate surface area is 131 Å². The van der Waals surface area contributed by atoms with E-state index >= 15 is 0 Å². The second-order valence-corrected chi connectivity index (χ2v) is 7.10. The fourth-order valence-corrected chi connectivity index (χ4v) is 3.82. The molecule has 7 nitrogen and oxygen atoms in total. The monoisotopic (exact) mass is 378 g/mol. The number of nitrogens with zero attached hydrogens (tertiary/aromatic N) is 1. The highest BCUT2D eigenvalue weighted by Gasteiger charge is 2.25. The Morgan fingerprint density at radius 1 is 1.38 bits per heavy atom. The average molecular weight is 379 g/mol. The van der Waals surface area contributed by atoms with Gasteiger partial charge in [-0.1, -0.05) is 0 Å². The molecule has 0 spiro atoms. The summed E-state index contributed by atoms with van der Waals surface area (Å²) in [6.45, 7) is 2.95. The van der Waals surface area contributed by atoms with Crippen LogP contribution >= 0.6 is 15.9 Å². The molecule has 0 radical (unpaired) electrons. The van der Waals surface area contributed by atoms with Gasteiger partial charge in [0.15, 0.2) is 0 Å². The van der Waals surface area contributed by atoms with Crippen LogP contribution in [0.4, 0.5) is 5.69 Å². The molecule has 1 aromatic carbocycles. The molecule has 0 aliphatic carbocycles. The average Bonchev–Trinajstić information content (AvgIpc) is 2.42. The number of halogens is 1. The summed E-state index contributed by atoms with van der Waals surface area (Å²) in [5, 5.41) is 9.09. The maximum atomic E-state index is 12.3. The predicted octanol–water partition coefficient (Wildman–Crippen LogP) is 1.44. The number of carboxylic acid groups (broad SMARTS) is 1. The van der Waals surface area contributed by atoms with E-state index in [0.717, 1.165) is 0 Å². The van der Waals surface area contributed by atoms with Crippen LogP contribution in [-0.4, -0.2) is 50.1 Å². The number of benzene rings is 1. The molecule has 1 aliphatic heterocycles. The third-order valence-corrected chi connectivity index (χ3v) is 5.27. The lowest BCUT2D eigenvalue weighted by atomic mass is 10.1. The van der Waals surface area contributed by atoms with Gasteiger partial charge in [-0.2, -0.15) is 12.7 Å². The van der Waals surface area contributed by atoms with E-state index in [2.05, 4.69) is 20.7 Å². The maximum absolute atomic E-state index is 12.3. The van der Waals surface area contributed by atoms with Gasteiger partial charge in [-0.15, -0.1) is 0 Å². The Morgan fingerprint density at radius 3 is 2.57 bits per heavy atom. The maximum Gasteiger partial charge on any atom is 0.336 e. The molecule has 1 fully saturated rings. The van der Waals surface area contributed by atoms with Gasteiger partial charge in [0, 0.05) is 17.6 Å². The Kier molecular flexibility index (Phi) is 4.87. The van der Waals surface area contributed by atoms with Gasteiger partial charge < -0.3 is 9.84 Å². The van der Waals surface area contributed by atoms with E-state index in [-0.39, 0.29) is 24.3 Å². The normalized spacial score (nSPS) is 16.7. The standard InChI is InChI=1S/C12H15BrN2O5S/c1-8-6-10(13)9(12(16)17)7-11(8)14-21(18,19)15-2-4-20-5-3-15/h6-7,14H,2-5H2,1H3,(H,16,17). The molecule has 116 valence electrons. The number of carboxylic acids is 1. The second kappa shape index (κ2) is 6.30. The van der Waals surface area contributed by atoms with Crippen LogP contribution in [0.3, 0.4) is 0 Å². The topological polar surface area (TPSA) is 95.9 Å². The number of aryl methyl sites for hydroxylation is 1. The Morgan fingerprint density at radius 2 is 2.00 bits per heavy atom. The van der Waals surface area contributed by atoms with E-state index < -0.39 is 16.2 Å². The molecule has 0 bridgehead atoms. The van der Waals surface area contributed by atoms with Crippen molar-refractivity contribution in [1.82, 2.24) is 4.31 Å². The number of anilines is 1. The first-order valence-electron chi connectivity index (χ1n) is 6.20. The van der Waals surface area contributed by atoms with Crippen molar-refractivity contribution in [1.29, 1.82) is 0 Å². The largest absolute Gasteiger partial charge is 0.478 e. The summed E-state index contributed by atoms with van der Waals surface area (Å²) in [7, 11) is -3.72. The van der Waals surface area contributed by atoms with Crippen LogP contribution in [0, 0.1) is 6.92 Å². The summed E-state index contributed by atoms with van der Waals surface area (Å²) < 4.78 is 33.8. The molecule has 9 heteroatoms. The number of hydrogen-bond donors (Lipinski definition) is 2. The molecule has 0 atom stereocenters. The van der Waals surface area contributed by atoms with Crippen LogP contribution < -0.4 is 4.72 Å². The van der Waals surface area contributed by atoms with Crippen molar-refractivity contribution in [2.75, 3.05) is 31.0 Å². The van der Waals surface area contributed by atoms with E-state index in [4.69, 9.17) is 9.84 Å². The molecule has 0 aromatic heterocycles. The van der Waals surface area contributed by atoms with E-state index in [1.54, 1.807) is 13.0 Å². The Balaban J connectivity index is 2.30. The molecule has 1 heterocycles. The SMILES string of the molecule is Cc1cc(Br)c(C(=O)O)cc1NS(=O)(=O)N1CCOCC1. The fraction of sp³-hybridized carbons (Fsp3) is 0.417. The summed E-state index contributed by atoms with van der Waals surface area (Å²) in [6.07, 6.45) is 0. The highest BCUT2D eigenvalue weighted by Crippen LogP contribution is 2.26.